The number of thiocarbonyl (C=S) groups is 1. The maximum absolute atomic E-state index is 12.6. The number of hydrogen-bond acceptors (Lipinski definition) is 3. The molecule has 0 bridgehead atoms. The first-order chi connectivity index (χ1) is 7.83. The molecular formula is C11H14FN3OS. The number of rotatable bonds is 4. The number of nitrogens with two attached hydrogens (primary N) is 1. The number of aromatic nitrogens is 1. The molecule has 0 spiro atoms. The zero-order valence-corrected chi connectivity index (χ0v) is 10.5. The number of nitrogens with zero attached hydrogens (tertiary/aromatic N) is 1. The van der Waals surface area contributed by atoms with Crippen molar-refractivity contribution in [2.75, 3.05) is 6.54 Å². The summed E-state index contributed by atoms with van der Waals surface area (Å²) in [5, 5.41) is 2.65. The largest absolute Gasteiger partial charge is 0.393 e. The van der Waals surface area contributed by atoms with E-state index in [9.17, 15) is 9.18 Å². The van der Waals surface area contributed by atoms with Crippen LogP contribution in [-0.4, -0.2) is 22.4 Å². The van der Waals surface area contributed by atoms with E-state index in [2.05, 4.69) is 10.3 Å². The lowest BCUT2D eigenvalue weighted by Gasteiger charge is -2.23. The van der Waals surface area contributed by atoms with Gasteiger partial charge in [0.25, 0.3) is 5.91 Å². The maximum Gasteiger partial charge on any atom is 0.269 e. The summed E-state index contributed by atoms with van der Waals surface area (Å²) in [6, 6.07) is 2.50. The van der Waals surface area contributed by atoms with Crippen LogP contribution in [-0.2, 0) is 0 Å². The summed E-state index contributed by atoms with van der Waals surface area (Å²) < 4.78 is 12.6. The number of halogens is 1. The molecule has 6 heteroatoms. The molecule has 1 amide bonds. The maximum atomic E-state index is 12.6. The molecule has 4 nitrogen and oxygen atoms in total. The quantitative estimate of drug-likeness (QED) is 0.795. The first-order valence-electron chi connectivity index (χ1n) is 5.02. The van der Waals surface area contributed by atoms with Gasteiger partial charge in [0.15, 0.2) is 0 Å². The molecule has 17 heavy (non-hydrogen) atoms. The van der Waals surface area contributed by atoms with Crippen molar-refractivity contribution in [1.29, 1.82) is 0 Å². The monoisotopic (exact) mass is 255 g/mol. The molecule has 0 saturated heterocycles. The van der Waals surface area contributed by atoms with Crippen LogP contribution in [0.1, 0.15) is 24.3 Å². The Kier molecular flexibility index (Phi) is 4.11. The minimum atomic E-state index is -0.481. The molecule has 3 N–H and O–H groups in total. The lowest BCUT2D eigenvalue weighted by molar-refractivity contribution is 0.0940. The van der Waals surface area contributed by atoms with Gasteiger partial charge in [-0.1, -0.05) is 26.1 Å². The molecule has 0 radical (unpaired) electrons. The van der Waals surface area contributed by atoms with Crippen LogP contribution in [0.2, 0.25) is 0 Å². The van der Waals surface area contributed by atoms with Crippen LogP contribution < -0.4 is 11.1 Å². The summed E-state index contributed by atoms with van der Waals surface area (Å²) in [7, 11) is 0. The van der Waals surface area contributed by atoms with Crippen LogP contribution >= 0.6 is 12.2 Å². The van der Waals surface area contributed by atoms with Gasteiger partial charge < -0.3 is 11.1 Å². The number of pyridine rings is 1. The fourth-order valence-electron chi connectivity index (χ4n) is 0.989. The molecule has 1 aromatic heterocycles. The Morgan fingerprint density at radius 1 is 1.59 bits per heavy atom. The van der Waals surface area contributed by atoms with E-state index >= 15 is 0 Å². The van der Waals surface area contributed by atoms with Gasteiger partial charge in [0.05, 0.1) is 11.2 Å². The lowest BCUT2D eigenvalue weighted by atomic mass is 9.93. The Morgan fingerprint density at radius 2 is 2.24 bits per heavy atom. The molecule has 0 atom stereocenters. The topological polar surface area (TPSA) is 68.0 Å². The predicted octanol–water partition coefficient (Wildman–Crippen LogP) is 1.26. The van der Waals surface area contributed by atoms with Gasteiger partial charge in [-0.3, -0.25) is 4.79 Å². The molecule has 1 rings (SSSR count). The van der Waals surface area contributed by atoms with E-state index < -0.39 is 11.2 Å². The summed E-state index contributed by atoms with van der Waals surface area (Å²) in [5.41, 5.74) is 5.22. The number of nitrogens with one attached hydrogen (secondary N) is 1. The standard InChI is InChI=1S/C11H14FN3OS/c1-11(2,10(13)17)6-15-9(16)8-4-3-7(12)5-14-8/h3-5H,6H2,1-2H3,(H2,13,17)(H,15,16). The molecule has 0 aromatic carbocycles. The third-order valence-electron chi connectivity index (χ3n) is 2.32. The molecule has 0 unspecified atom stereocenters. The zero-order valence-electron chi connectivity index (χ0n) is 9.66. The Hall–Kier alpha value is -1.56. The van der Waals surface area contributed by atoms with E-state index in [-0.39, 0.29) is 11.6 Å². The van der Waals surface area contributed by atoms with Crippen molar-refractivity contribution in [1.82, 2.24) is 10.3 Å². The number of carbonyl (C=O) groups is 1. The van der Waals surface area contributed by atoms with Gasteiger partial charge in [-0.05, 0) is 12.1 Å². The third-order valence-corrected chi connectivity index (χ3v) is 2.87. The average molecular weight is 255 g/mol. The SMILES string of the molecule is CC(C)(CNC(=O)c1ccc(F)cn1)C(N)=S. The number of amides is 1. The van der Waals surface area contributed by atoms with E-state index in [1.807, 2.05) is 13.8 Å². The molecule has 0 saturated carbocycles. The highest BCUT2D eigenvalue weighted by Crippen LogP contribution is 2.13. The van der Waals surface area contributed by atoms with E-state index in [0.717, 1.165) is 6.20 Å². The molecule has 92 valence electrons. The average Bonchev–Trinajstić information content (AvgIpc) is 2.27. The van der Waals surface area contributed by atoms with Crippen molar-refractivity contribution in [3.8, 4) is 0 Å². The zero-order chi connectivity index (χ0) is 13.1. The second-order valence-corrected chi connectivity index (χ2v) is 4.73. The van der Waals surface area contributed by atoms with Crippen LogP contribution in [0.25, 0.3) is 0 Å². The Bertz CT molecular complexity index is 431. The van der Waals surface area contributed by atoms with Crippen molar-refractivity contribution in [2.45, 2.75) is 13.8 Å². The van der Waals surface area contributed by atoms with Gasteiger partial charge in [0.2, 0.25) is 0 Å². The fourth-order valence-corrected chi connectivity index (χ4v) is 1.06. The van der Waals surface area contributed by atoms with Crippen LogP contribution in [0.3, 0.4) is 0 Å². The summed E-state index contributed by atoms with van der Waals surface area (Å²) in [6.45, 7) is 3.96. The summed E-state index contributed by atoms with van der Waals surface area (Å²) >= 11 is 4.88. The fraction of sp³-hybridized carbons (Fsp3) is 0.364. The van der Waals surface area contributed by atoms with Gasteiger partial charge in [0, 0.05) is 12.0 Å². The van der Waals surface area contributed by atoms with E-state index in [1.165, 1.54) is 12.1 Å². The van der Waals surface area contributed by atoms with Crippen LogP contribution in [0.5, 0.6) is 0 Å². The van der Waals surface area contributed by atoms with Crippen molar-refractivity contribution < 1.29 is 9.18 Å². The second kappa shape index (κ2) is 5.18. The van der Waals surface area contributed by atoms with Gasteiger partial charge in [0.1, 0.15) is 11.5 Å². The highest BCUT2D eigenvalue weighted by molar-refractivity contribution is 7.80. The van der Waals surface area contributed by atoms with Crippen LogP contribution in [0.4, 0.5) is 4.39 Å². The van der Waals surface area contributed by atoms with E-state index in [4.69, 9.17) is 18.0 Å². The predicted molar refractivity (Wildman–Crippen MR) is 67.1 cm³/mol. The summed E-state index contributed by atoms with van der Waals surface area (Å²) in [5.74, 6) is -0.862. The number of hydrogen-bond donors (Lipinski definition) is 2. The molecule has 1 aromatic rings. The summed E-state index contributed by atoms with van der Waals surface area (Å²) in [4.78, 5) is 15.6. The Morgan fingerprint density at radius 3 is 2.71 bits per heavy atom. The van der Waals surface area contributed by atoms with Gasteiger partial charge in [-0.2, -0.15) is 0 Å². The van der Waals surface area contributed by atoms with Gasteiger partial charge in [-0.15, -0.1) is 0 Å². The van der Waals surface area contributed by atoms with Crippen molar-refractivity contribution >= 4 is 23.1 Å². The van der Waals surface area contributed by atoms with Crippen molar-refractivity contribution in [3.05, 3.63) is 29.8 Å². The molecule has 1 heterocycles. The smallest absolute Gasteiger partial charge is 0.269 e. The minimum absolute atomic E-state index is 0.158. The highest BCUT2D eigenvalue weighted by atomic mass is 32.1. The van der Waals surface area contributed by atoms with Gasteiger partial charge in [-0.25, -0.2) is 9.37 Å². The third kappa shape index (κ3) is 3.74. The highest BCUT2D eigenvalue weighted by Gasteiger charge is 2.22. The van der Waals surface area contributed by atoms with Crippen molar-refractivity contribution in [3.63, 3.8) is 0 Å². The summed E-state index contributed by atoms with van der Waals surface area (Å²) in [6.07, 6.45) is 0.994. The van der Waals surface area contributed by atoms with Gasteiger partial charge >= 0.3 is 0 Å². The van der Waals surface area contributed by atoms with E-state index in [1.54, 1.807) is 0 Å². The molecule has 0 aliphatic heterocycles. The first kappa shape index (κ1) is 13.5. The second-order valence-electron chi connectivity index (χ2n) is 4.29. The normalized spacial score (nSPS) is 11.0. The Balaban J connectivity index is 2.62. The molecule has 0 fully saturated rings. The lowest BCUT2D eigenvalue weighted by Crippen LogP contribution is -2.41. The molecule has 0 aliphatic rings. The first-order valence-corrected chi connectivity index (χ1v) is 5.43. The van der Waals surface area contributed by atoms with Crippen molar-refractivity contribution in [2.24, 2.45) is 11.1 Å². The Labute approximate surface area is 104 Å². The molecular weight excluding hydrogens is 241 g/mol. The number of carbonyl (C=O) groups excluding carboxylic acids is 1. The molecule has 0 aliphatic carbocycles. The van der Waals surface area contributed by atoms with E-state index in [0.29, 0.717) is 11.5 Å². The minimum Gasteiger partial charge on any atom is -0.393 e. The van der Waals surface area contributed by atoms with Crippen LogP contribution in [0.15, 0.2) is 18.3 Å². The van der Waals surface area contributed by atoms with Crippen LogP contribution in [0, 0.1) is 11.2 Å².